The van der Waals surface area contributed by atoms with Crippen molar-refractivity contribution < 1.29 is 24.9 Å². The molecule has 0 aliphatic rings. The Bertz CT molecular complexity index is 301. The van der Waals surface area contributed by atoms with Gasteiger partial charge in [-0.25, -0.2) is 0 Å². The highest BCUT2D eigenvalue weighted by molar-refractivity contribution is 5.73. The molecule has 20 heavy (non-hydrogen) atoms. The molecular formula is C15H26O5. The summed E-state index contributed by atoms with van der Waals surface area (Å²) < 4.78 is 0. The highest BCUT2D eigenvalue weighted by Gasteiger charge is 2.27. The second-order valence-electron chi connectivity index (χ2n) is 5.10. The molecule has 0 unspecified atom stereocenters. The quantitative estimate of drug-likeness (QED) is 0.357. The van der Waals surface area contributed by atoms with Crippen LogP contribution in [0.1, 0.15) is 57.8 Å². The van der Waals surface area contributed by atoms with E-state index in [2.05, 4.69) is 6.58 Å². The van der Waals surface area contributed by atoms with E-state index in [9.17, 15) is 14.7 Å². The molecule has 0 saturated heterocycles. The smallest absolute Gasteiger partial charge is 0.309 e. The summed E-state index contributed by atoms with van der Waals surface area (Å²) in [5.41, 5.74) is 0. The predicted molar refractivity (Wildman–Crippen MR) is 76.5 cm³/mol. The van der Waals surface area contributed by atoms with Crippen molar-refractivity contribution in [2.75, 3.05) is 0 Å². The second kappa shape index (κ2) is 11.5. The summed E-state index contributed by atoms with van der Waals surface area (Å²) >= 11 is 0. The Labute approximate surface area is 120 Å². The lowest BCUT2D eigenvalue weighted by atomic mass is 9.93. The van der Waals surface area contributed by atoms with Gasteiger partial charge in [-0.3, -0.25) is 9.59 Å². The first-order valence-electron chi connectivity index (χ1n) is 7.22. The molecule has 0 aromatic heterocycles. The summed E-state index contributed by atoms with van der Waals surface area (Å²) in [6.45, 7) is 3.66. The number of rotatable bonds is 13. The maximum absolute atomic E-state index is 11.0. The number of aliphatic hydroxyl groups is 1. The van der Waals surface area contributed by atoms with Crippen molar-refractivity contribution in [2.24, 2.45) is 5.92 Å². The molecule has 0 aliphatic carbocycles. The fourth-order valence-electron chi connectivity index (χ4n) is 2.16. The Hall–Kier alpha value is -1.36. The van der Waals surface area contributed by atoms with Crippen molar-refractivity contribution in [1.82, 2.24) is 0 Å². The molecule has 0 radical (unpaired) electrons. The van der Waals surface area contributed by atoms with Gasteiger partial charge in [-0.2, -0.15) is 0 Å². The zero-order valence-corrected chi connectivity index (χ0v) is 12.0. The van der Waals surface area contributed by atoms with Crippen molar-refractivity contribution in [3.63, 3.8) is 0 Å². The molecule has 2 atom stereocenters. The van der Waals surface area contributed by atoms with Crippen LogP contribution < -0.4 is 0 Å². The third kappa shape index (κ3) is 9.55. The number of aliphatic carboxylic acids is 2. The monoisotopic (exact) mass is 286 g/mol. The minimum absolute atomic E-state index is 0.330. The van der Waals surface area contributed by atoms with Gasteiger partial charge in [-0.15, -0.1) is 6.58 Å². The molecule has 0 saturated carbocycles. The van der Waals surface area contributed by atoms with E-state index in [0.29, 0.717) is 12.8 Å². The summed E-state index contributed by atoms with van der Waals surface area (Å²) in [6.07, 6.45) is 7.50. The molecule has 116 valence electrons. The van der Waals surface area contributed by atoms with Gasteiger partial charge in [0, 0.05) is 0 Å². The van der Waals surface area contributed by atoms with E-state index in [-0.39, 0.29) is 0 Å². The van der Waals surface area contributed by atoms with Gasteiger partial charge >= 0.3 is 11.9 Å². The van der Waals surface area contributed by atoms with E-state index in [1.807, 2.05) is 6.08 Å². The van der Waals surface area contributed by atoms with Crippen LogP contribution in [0.25, 0.3) is 0 Å². The van der Waals surface area contributed by atoms with Crippen LogP contribution in [0, 0.1) is 5.92 Å². The molecule has 3 N–H and O–H groups in total. The van der Waals surface area contributed by atoms with Crippen LogP contribution in [-0.2, 0) is 9.59 Å². The van der Waals surface area contributed by atoms with Crippen molar-refractivity contribution >= 4 is 11.9 Å². The van der Waals surface area contributed by atoms with E-state index in [1.54, 1.807) is 0 Å². The molecular weight excluding hydrogens is 260 g/mol. The topological polar surface area (TPSA) is 94.8 Å². The number of unbranched alkanes of at least 4 members (excludes halogenated alkanes) is 6. The number of carboxylic acids is 2. The summed E-state index contributed by atoms with van der Waals surface area (Å²) in [5, 5.41) is 27.1. The average Bonchev–Trinajstić information content (AvgIpc) is 2.35. The molecule has 0 spiro atoms. The van der Waals surface area contributed by atoms with Crippen molar-refractivity contribution in [3.8, 4) is 0 Å². The Morgan fingerprint density at radius 1 is 1.00 bits per heavy atom. The lowest BCUT2D eigenvalue weighted by Crippen LogP contribution is -2.30. The Balaban J connectivity index is 3.79. The summed E-state index contributed by atoms with van der Waals surface area (Å²) in [4.78, 5) is 21.5. The maximum atomic E-state index is 11.0. The highest BCUT2D eigenvalue weighted by atomic mass is 16.4. The van der Waals surface area contributed by atoms with Gasteiger partial charge in [-0.1, -0.05) is 38.2 Å². The van der Waals surface area contributed by atoms with E-state index in [4.69, 9.17) is 10.2 Å². The fraction of sp³-hybridized carbons (Fsp3) is 0.733. The number of aliphatic hydroxyl groups excluding tert-OH is 1. The number of carbonyl (C=O) groups is 2. The normalized spacial score (nSPS) is 13.7. The first kappa shape index (κ1) is 18.6. The van der Waals surface area contributed by atoms with Crippen LogP contribution in [0.15, 0.2) is 12.7 Å². The standard InChI is InChI=1S/C15H26O5/c1-2-3-4-5-6-7-8-9-10-12(15(19)20)13(16)11-14(17)18/h2,12-13,16H,1,3-11H2,(H,17,18)(H,19,20)/t12-,13-/m1/s1. The van der Waals surface area contributed by atoms with Crippen molar-refractivity contribution in [2.45, 2.75) is 63.9 Å². The van der Waals surface area contributed by atoms with Crippen LogP contribution in [0.5, 0.6) is 0 Å². The lowest BCUT2D eigenvalue weighted by molar-refractivity contribution is -0.148. The Kier molecular flexibility index (Phi) is 10.7. The summed E-state index contributed by atoms with van der Waals surface area (Å²) in [6, 6.07) is 0. The summed E-state index contributed by atoms with van der Waals surface area (Å²) in [7, 11) is 0. The minimum Gasteiger partial charge on any atom is -0.481 e. The molecule has 5 heteroatoms. The number of hydrogen-bond donors (Lipinski definition) is 3. The van der Waals surface area contributed by atoms with Crippen molar-refractivity contribution in [1.29, 1.82) is 0 Å². The van der Waals surface area contributed by atoms with Crippen LogP contribution in [0.2, 0.25) is 0 Å². The Morgan fingerprint density at radius 2 is 1.55 bits per heavy atom. The minimum atomic E-state index is -1.31. The number of hydrogen-bond acceptors (Lipinski definition) is 3. The zero-order chi connectivity index (χ0) is 15.4. The molecule has 0 heterocycles. The predicted octanol–water partition coefficient (Wildman–Crippen LogP) is 2.83. The maximum Gasteiger partial charge on any atom is 0.309 e. The third-order valence-electron chi connectivity index (χ3n) is 3.34. The number of allylic oxidation sites excluding steroid dienone is 1. The van der Waals surface area contributed by atoms with Crippen LogP contribution in [0.3, 0.4) is 0 Å². The van der Waals surface area contributed by atoms with Gasteiger partial charge in [0.15, 0.2) is 0 Å². The molecule has 0 bridgehead atoms. The molecule has 0 aliphatic heterocycles. The second-order valence-corrected chi connectivity index (χ2v) is 5.10. The number of carboxylic acid groups (broad SMARTS) is 2. The van der Waals surface area contributed by atoms with Gasteiger partial charge < -0.3 is 15.3 Å². The van der Waals surface area contributed by atoms with Crippen LogP contribution >= 0.6 is 0 Å². The molecule has 0 aromatic carbocycles. The largest absolute Gasteiger partial charge is 0.481 e. The van der Waals surface area contributed by atoms with E-state index >= 15 is 0 Å². The molecule has 0 aromatic rings. The van der Waals surface area contributed by atoms with E-state index in [1.165, 1.54) is 0 Å². The van der Waals surface area contributed by atoms with Gasteiger partial charge in [-0.05, 0) is 19.3 Å². The van der Waals surface area contributed by atoms with Crippen LogP contribution in [-0.4, -0.2) is 33.4 Å². The lowest BCUT2D eigenvalue weighted by Gasteiger charge is -2.17. The Morgan fingerprint density at radius 3 is 2.05 bits per heavy atom. The highest BCUT2D eigenvalue weighted by Crippen LogP contribution is 2.18. The van der Waals surface area contributed by atoms with Crippen LogP contribution in [0.4, 0.5) is 0 Å². The first-order chi connectivity index (χ1) is 9.49. The zero-order valence-electron chi connectivity index (χ0n) is 12.0. The van der Waals surface area contributed by atoms with Gasteiger partial charge in [0.05, 0.1) is 18.4 Å². The summed E-state index contributed by atoms with van der Waals surface area (Å²) in [5.74, 6) is -3.28. The van der Waals surface area contributed by atoms with Gasteiger partial charge in [0.2, 0.25) is 0 Å². The first-order valence-corrected chi connectivity index (χ1v) is 7.22. The van der Waals surface area contributed by atoms with Crippen molar-refractivity contribution in [3.05, 3.63) is 12.7 Å². The van der Waals surface area contributed by atoms with E-state index < -0.39 is 30.4 Å². The third-order valence-corrected chi connectivity index (χ3v) is 3.34. The molecule has 0 rings (SSSR count). The van der Waals surface area contributed by atoms with E-state index in [0.717, 1.165) is 38.5 Å². The average molecular weight is 286 g/mol. The fourth-order valence-corrected chi connectivity index (χ4v) is 2.16. The molecule has 0 fully saturated rings. The van der Waals surface area contributed by atoms with Gasteiger partial charge in [0.1, 0.15) is 0 Å². The SMILES string of the molecule is C=CCCCCCCCC[C@@H](C(=O)O)[C@H](O)CC(=O)O. The van der Waals surface area contributed by atoms with Gasteiger partial charge in [0.25, 0.3) is 0 Å². The molecule has 5 nitrogen and oxygen atoms in total. The molecule has 0 amide bonds.